The predicted octanol–water partition coefficient (Wildman–Crippen LogP) is 2.91. The van der Waals surface area contributed by atoms with Gasteiger partial charge in [0.1, 0.15) is 0 Å². The molecule has 2 nitrogen and oxygen atoms in total. The normalized spacial score (nSPS) is 21.6. The van der Waals surface area contributed by atoms with Crippen molar-refractivity contribution in [2.45, 2.75) is 32.4 Å². The topological polar surface area (TPSA) is 15.3 Å². The summed E-state index contributed by atoms with van der Waals surface area (Å²) in [6, 6.07) is 8.89. The van der Waals surface area contributed by atoms with Crippen LogP contribution in [-0.4, -0.2) is 30.6 Å². The highest BCUT2D eigenvalue weighted by atomic mass is 35.5. The number of nitrogens with one attached hydrogen (secondary N) is 1. The molecule has 1 aliphatic heterocycles. The highest BCUT2D eigenvalue weighted by molar-refractivity contribution is 6.30. The van der Waals surface area contributed by atoms with Crippen LogP contribution >= 0.6 is 11.6 Å². The van der Waals surface area contributed by atoms with Gasteiger partial charge in [-0.2, -0.15) is 0 Å². The lowest BCUT2D eigenvalue weighted by Gasteiger charge is -2.36. The Bertz CT molecular complexity index is 352. The van der Waals surface area contributed by atoms with Crippen molar-refractivity contribution in [2.75, 3.05) is 19.6 Å². The van der Waals surface area contributed by atoms with Gasteiger partial charge in [-0.1, -0.05) is 37.1 Å². The van der Waals surface area contributed by atoms with Crippen molar-refractivity contribution in [3.63, 3.8) is 0 Å². The molecular formula is C14H21ClN2. The van der Waals surface area contributed by atoms with Gasteiger partial charge in [-0.3, -0.25) is 4.90 Å². The van der Waals surface area contributed by atoms with Crippen LogP contribution in [0.15, 0.2) is 24.3 Å². The number of benzene rings is 1. The molecule has 1 N–H and O–H groups in total. The van der Waals surface area contributed by atoms with Crippen molar-refractivity contribution in [1.29, 1.82) is 0 Å². The van der Waals surface area contributed by atoms with E-state index in [4.69, 9.17) is 11.6 Å². The summed E-state index contributed by atoms with van der Waals surface area (Å²) in [5.41, 5.74) is 1.32. The minimum Gasteiger partial charge on any atom is -0.314 e. The van der Waals surface area contributed by atoms with Crippen LogP contribution in [0.2, 0.25) is 5.02 Å². The van der Waals surface area contributed by atoms with Crippen LogP contribution in [0.1, 0.15) is 25.3 Å². The van der Waals surface area contributed by atoms with Gasteiger partial charge in [-0.05, 0) is 24.1 Å². The fourth-order valence-corrected chi connectivity index (χ4v) is 2.71. The van der Waals surface area contributed by atoms with Crippen molar-refractivity contribution >= 4 is 11.6 Å². The van der Waals surface area contributed by atoms with Crippen LogP contribution < -0.4 is 5.32 Å². The Hall–Kier alpha value is -0.570. The summed E-state index contributed by atoms with van der Waals surface area (Å²) in [5, 5.41) is 4.32. The molecule has 0 saturated carbocycles. The van der Waals surface area contributed by atoms with Gasteiger partial charge in [0.15, 0.2) is 0 Å². The van der Waals surface area contributed by atoms with E-state index in [2.05, 4.69) is 29.3 Å². The first kappa shape index (κ1) is 12.9. The Kier molecular flexibility index (Phi) is 4.84. The lowest BCUT2D eigenvalue weighted by atomic mass is 10.1. The summed E-state index contributed by atoms with van der Waals surface area (Å²) in [6.07, 6.45) is 2.52. The first-order chi connectivity index (χ1) is 8.29. The van der Waals surface area contributed by atoms with Crippen LogP contribution in [0.25, 0.3) is 0 Å². The minimum absolute atomic E-state index is 0.674. The fraction of sp³-hybridized carbons (Fsp3) is 0.571. The van der Waals surface area contributed by atoms with Crippen LogP contribution in [0, 0.1) is 0 Å². The number of piperazine rings is 1. The fourth-order valence-electron chi connectivity index (χ4n) is 2.50. The molecule has 0 bridgehead atoms. The molecule has 1 aliphatic rings. The van der Waals surface area contributed by atoms with Gasteiger partial charge < -0.3 is 5.32 Å². The molecule has 1 heterocycles. The first-order valence-corrected chi connectivity index (χ1v) is 6.86. The molecule has 1 saturated heterocycles. The molecule has 2 rings (SSSR count). The molecule has 0 aromatic heterocycles. The van der Waals surface area contributed by atoms with E-state index >= 15 is 0 Å². The number of halogens is 1. The number of nitrogens with zero attached hydrogens (tertiary/aromatic N) is 1. The number of hydrogen-bond donors (Lipinski definition) is 1. The zero-order valence-electron chi connectivity index (χ0n) is 10.5. The molecular weight excluding hydrogens is 232 g/mol. The Labute approximate surface area is 109 Å². The van der Waals surface area contributed by atoms with E-state index in [0.717, 1.165) is 31.2 Å². The van der Waals surface area contributed by atoms with Gasteiger partial charge in [0.05, 0.1) is 0 Å². The second kappa shape index (κ2) is 6.39. The van der Waals surface area contributed by atoms with Crippen molar-refractivity contribution in [3.8, 4) is 0 Å². The average molecular weight is 253 g/mol. The smallest absolute Gasteiger partial charge is 0.0409 e. The van der Waals surface area contributed by atoms with Crippen LogP contribution in [0.3, 0.4) is 0 Å². The maximum absolute atomic E-state index is 6.03. The molecule has 0 spiro atoms. The third-order valence-electron chi connectivity index (χ3n) is 3.37. The standard InChI is InChI=1S/C14H21ClN2/c1-2-4-14-10-16-7-8-17(14)11-12-5-3-6-13(15)9-12/h3,5-6,9,14,16H,2,4,7-8,10-11H2,1H3. The average Bonchev–Trinajstić information content (AvgIpc) is 2.32. The molecule has 17 heavy (non-hydrogen) atoms. The lowest BCUT2D eigenvalue weighted by molar-refractivity contribution is 0.144. The van der Waals surface area contributed by atoms with Crippen LogP contribution in [0.5, 0.6) is 0 Å². The minimum atomic E-state index is 0.674. The molecule has 94 valence electrons. The molecule has 1 aromatic carbocycles. The van der Waals surface area contributed by atoms with Gasteiger partial charge in [0, 0.05) is 37.2 Å². The highest BCUT2D eigenvalue weighted by Gasteiger charge is 2.21. The summed E-state index contributed by atoms with van der Waals surface area (Å²) in [5.74, 6) is 0. The van der Waals surface area contributed by atoms with E-state index < -0.39 is 0 Å². The second-order valence-corrected chi connectivity index (χ2v) is 5.18. The van der Waals surface area contributed by atoms with E-state index in [1.807, 2.05) is 12.1 Å². The Balaban J connectivity index is 2.00. The molecule has 1 unspecified atom stereocenters. The van der Waals surface area contributed by atoms with Crippen molar-refractivity contribution in [1.82, 2.24) is 10.2 Å². The Morgan fingerprint density at radius 3 is 3.12 bits per heavy atom. The van der Waals surface area contributed by atoms with E-state index in [1.165, 1.54) is 18.4 Å². The second-order valence-electron chi connectivity index (χ2n) is 4.75. The number of rotatable bonds is 4. The summed E-state index contributed by atoms with van der Waals surface area (Å²) in [7, 11) is 0. The summed E-state index contributed by atoms with van der Waals surface area (Å²) < 4.78 is 0. The van der Waals surface area contributed by atoms with Crippen LogP contribution in [-0.2, 0) is 6.54 Å². The zero-order chi connectivity index (χ0) is 12.1. The highest BCUT2D eigenvalue weighted by Crippen LogP contribution is 2.16. The molecule has 0 amide bonds. The maximum Gasteiger partial charge on any atom is 0.0409 e. The molecule has 1 fully saturated rings. The van der Waals surface area contributed by atoms with Crippen molar-refractivity contribution in [3.05, 3.63) is 34.9 Å². The van der Waals surface area contributed by atoms with Crippen molar-refractivity contribution in [2.24, 2.45) is 0 Å². The zero-order valence-corrected chi connectivity index (χ0v) is 11.2. The van der Waals surface area contributed by atoms with Gasteiger partial charge >= 0.3 is 0 Å². The summed E-state index contributed by atoms with van der Waals surface area (Å²) in [6.45, 7) is 6.63. The van der Waals surface area contributed by atoms with E-state index in [0.29, 0.717) is 6.04 Å². The molecule has 1 aromatic rings. The third kappa shape index (κ3) is 3.70. The molecule has 0 radical (unpaired) electrons. The van der Waals surface area contributed by atoms with Gasteiger partial charge in [0.25, 0.3) is 0 Å². The van der Waals surface area contributed by atoms with Crippen LogP contribution in [0.4, 0.5) is 0 Å². The van der Waals surface area contributed by atoms with Gasteiger partial charge in [-0.15, -0.1) is 0 Å². The monoisotopic (exact) mass is 252 g/mol. The SMILES string of the molecule is CCCC1CNCCN1Cc1cccc(Cl)c1. The lowest BCUT2D eigenvalue weighted by Crippen LogP contribution is -2.50. The van der Waals surface area contributed by atoms with Crippen molar-refractivity contribution < 1.29 is 0 Å². The summed E-state index contributed by atoms with van der Waals surface area (Å²) >= 11 is 6.03. The van der Waals surface area contributed by atoms with E-state index in [-0.39, 0.29) is 0 Å². The Morgan fingerprint density at radius 2 is 2.35 bits per heavy atom. The number of hydrogen-bond acceptors (Lipinski definition) is 2. The largest absolute Gasteiger partial charge is 0.314 e. The Morgan fingerprint density at radius 1 is 1.47 bits per heavy atom. The molecule has 3 heteroatoms. The first-order valence-electron chi connectivity index (χ1n) is 6.49. The van der Waals surface area contributed by atoms with E-state index in [9.17, 15) is 0 Å². The predicted molar refractivity (Wildman–Crippen MR) is 73.4 cm³/mol. The molecule has 0 aliphatic carbocycles. The quantitative estimate of drug-likeness (QED) is 0.887. The third-order valence-corrected chi connectivity index (χ3v) is 3.60. The maximum atomic E-state index is 6.03. The molecule has 1 atom stereocenters. The van der Waals surface area contributed by atoms with Gasteiger partial charge in [0.2, 0.25) is 0 Å². The van der Waals surface area contributed by atoms with Gasteiger partial charge in [-0.25, -0.2) is 0 Å². The summed E-state index contributed by atoms with van der Waals surface area (Å²) in [4.78, 5) is 2.58. The van der Waals surface area contributed by atoms with E-state index in [1.54, 1.807) is 0 Å².